The first-order valence-electron chi connectivity index (χ1n) is 10.2. The zero-order valence-corrected chi connectivity index (χ0v) is 17.4. The highest BCUT2D eigenvalue weighted by Crippen LogP contribution is 2.31. The average molecular weight is 421 g/mol. The summed E-state index contributed by atoms with van der Waals surface area (Å²) in [6.07, 6.45) is 9.14. The summed E-state index contributed by atoms with van der Waals surface area (Å²) in [4.78, 5) is 12.0. The van der Waals surface area contributed by atoms with Crippen LogP contribution in [-0.4, -0.2) is 25.1 Å². The van der Waals surface area contributed by atoms with Gasteiger partial charge in [0.05, 0.1) is 11.0 Å². The van der Waals surface area contributed by atoms with Gasteiger partial charge in [-0.05, 0) is 54.0 Å². The summed E-state index contributed by atoms with van der Waals surface area (Å²) in [7, 11) is 0. The minimum atomic E-state index is -0.271. The fourth-order valence-corrected chi connectivity index (χ4v) is 3.81. The van der Waals surface area contributed by atoms with E-state index in [4.69, 9.17) is 0 Å². The first-order valence-corrected chi connectivity index (χ1v) is 10.2. The molecule has 0 fully saturated rings. The molecule has 0 bridgehead atoms. The van der Waals surface area contributed by atoms with Gasteiger partial charge in [0.15, 0.2) is 0 Å². The number of rotatable bonds is 4. The molecule has 4 aromatic heterocycles. The molecule has 32 heavy (non-hydrogen) atoms. The average Bonchev–Trinajstić information content (AvgIpc) is 3.43. The molecule has 0 saturated carbocycles. The van der Waals surface area contributed by atoms with E-state index in [-0.39, 0.29) is 5.82 Å². The van der Waals surface area contributed by atoms with Gasteiger partial charge < -0.3 is 4.98 Å². The molecule has 5 nitrogen and oxygen atoms in total. The number of pyridine rings is 2. The fraction of sp³-hybridized carbons (Fsp3) is 0.0385. The smallest absolute Gasteiger partial charge is 0.138 e. The molecule has 0 aliphatic heterocycles. The van der Waals surface area contributed by atoms with E-state index in [9.17, 15) is 4.39 Å². The van der Waals surface area contributed by atoms with Crippen LogP contribution in [0, 0.1) is 5.82 Å². The Kier molecular flexibility index (Phi) is 4.95. The molecule has 2 N–H and O–H groups in total. The van der Waals surface area contributed by atoms with Crippen molar-refractivity contribution >= 4 is 28.8 Å². The molecule has 4 heterocycles. The maximum atomic E-state index is 14.5. The number of nitrogens with zero attached hydrogens (tertiary/aromatic N) is 3. The van der Waals surface area contributed by atoms with Crippen LogP contribution in [0.3, 0.4) is 0 Å². The van der Waals surface area contributed by atoms with E-state index in [1.54, 1.807) is 30.7 Å². The Morgan fingerprint density at radius 1 is 1.06 bits per heavy atom. The van der Waals surface area contributed by atoms with Crippen molar-refractivity contribution in [2.45, 2.75) is 6.92 Å². The molecule has 5 rings (SSSR count). The predicted octanol–water partition coefficient (Wildman–Crippen LogP) is 4.45. The van der Waals surface area contributed by atoms with Crippen LogP contribution in [0.15, 0.2) is 73.7 Å². The van der Waals surface area contributed by atoms with E-state index in [1.807, 2.05) is 49.4 Å². The number of hydrogen-bond acceptors (Lipinski definition) is 3. The van der Waals surface area contributed by atoms with E-state index in [1.165, 1.54) is 6.07 Å². The number of benzene rings is 1. The Hall–Kier alpha value is -4.32. The lowest BCUT2D eigenvalue weighted by Gasteiger charge is -2.04. The van der Waals surface area contributed by atoms with Crippen molar-refractivity contribution in [3.8, 4) is 22.5 Å². The van der Waals surface area contributed by atoms with Crippen molar-refractivity contribution in [1.29, 1.82) is 0 Å². The van der Waals surface area contributed by atoms with Gasteiger partial charge in [0.2, 0.25) is 0 Å². The number of aromatic nitrogens is 5. The fourth-order valence-electron chi connectivity index (χ4n) is 3.81. The summed E-state index contributed by atoms with van der Waals surface area (Å²) in [5.74, 6) is -0.271. The van der Waals surface area contributed by atoms with Gasteiger partial charge >= 0.3 is 0 Å². The molecule has 0 spiro atoms. The van der Waals surface area contributed by atoms with Crippen LogP contribution in [0.2, 0.25) is 0 Å². The van der Waals surface area contributed by atoms with Crippen LogP contribution in [0.25, 0.3) is 51.3 Å². The summed E-state index contributed by atoms with van der Waals surface area (Å²) in [6, 6.07) is 14.4. The first-order chi connectivity index (χ1) is 15.7. The second-order valence-corrected chi connectivity index (χ2v) is 7.38. The van der Waals surface area contributed by atoms with Gasteiger partial charge in [-0.3, -0.25) is 10.1 Å². The largest absolute Gasteiger partial charge is 0.338 e. The maximum Gasteiger partial charge on any atom is 0.138 e. The van der Waals surface area contributed by atoms with Crippen molar-refractivity contribution in [2.75, 3.05) is 0 Å². The SMILES string of the molecule is C=C(/C=c1/c(-c2cc3c(-c4ccccc4F)ccnc3[nH]2)n[nH]/c1=C/C)c1cccnc1. The van der Waals surface area contributed by atoms with Gasteiger partial charge in [-0.1, -0.05) is 36.9 Å². The van der Waals surface area contributed by atoms with Crippen LogP contribution >= 0.6 is 0 Å². The monoisotopic (exact) mass is 421 g/mol. The topological polar surface area (TPSA) is 70.2 Å². The van der Waals surface area contributed by atoms with Gasteiger partial charge in [0.1, 0.15) is 17.2 Å². The zero-order chi connectivity index (χ0) is 22.1. The molecule has 156 valence electrons. The Morgan fingerprint density at radius 2 is 1.94 bits per heavy atom. The molecular weight excluding hydrogens is 401 g/mol. The third kappa shape index (κ3) is 3.41. The predicted molar refractivity (Wildman–Crippen MR) is 126 cm³/mol. The molecule has 1 aromatic carbocycles. The third-order valence-corrected chi connectivity index (χ3v) is 5.42. The summed E-state index contributed by atoms with van der Waals surface area (Å²) in [5, 5.41) is 10.2. The van der Waals surface area contributed by atoms with Gasteiger partial charge in [0, 0.05) is 34.8 Å². The second kappa shape index (κ2) is 8.07. The Morgan fingerprint density at radius 3 is 2.72 bits per heavy atom. The molecular formula is C26H20FN5. The lowest BCUT2D eigenvalue weighted by atomic mass is 10.0. The van der Waals surface area contributed by atoms with Gasteiger partial charge in [0.25, 0.3) is 0 Å². The maximum absolute atomic E-state index is 14.5. The van der Waals surface area contributed by atoms with E-state index in [2.05, 4.69) is 31.7 Å². The van der Waals surface area contributed by atoms with Gasteiger partial charge in [-0.2, -0.15) is 5.10 Å². The molecule has 0 aliphatic rings. The highest BCUT2D eigenvalue weighted by Gasteiger charge is 2.14. The lowest BCUT2D eigenvalue weighted by molar-refractivity contribution is 0.631. The number of allylic oxidation sites excluding steroid dienone is 1. The van der Waals surface area contributed by atoms with Crippen molar-refractivity contribution < 1.29 is 4.39 Å². The molecule has 0 amide bonds. The summed E-state index contributed by atoms with van der Waals surface area (Å²) >= 11 is 0. The van der Waals surface area contributed by atoms with E-state index in [0.717, 1.165) is 44.0 Å². The van der Waals surface area contributed by atoms with Crippen molar-refractivity contribution in [3.63, 3.8) is 0 Å². The van der Waals surface area contributed by atoms with Crippen molar-refractivity contribution in [1.82, 2.24) is 25.1 Å². The molecule has 6 heteroatoms. The standard InChI is InChI=1S/C26H20FN5/c1-3-23-21(13-16(2)17-7-6-11-28-15-17)25(32-31-23)24-14-20-18(10-12-29-26(20)30-24)19-8-4-5-9-22(19)27/h3-15,31H,2H2,1H3,(H,29,30)/b21-13+,23-3+. The number of hydrogen-bond donors (Lipinski definition) is 2. The Labute approximate surface area is 183 Å². The summed E-state index contributed by atoms with van der Waals surface area (Å²) in [5.41, 5.74) is 5.26. The lowest BCUT2D eigenvalue weighted by Crippen LogP contribution is -2.23. The Balaban J connectivity index is 1.69. The summed E-state index contributed by atoms with van der Waals surface area (Å²) in [6.45, 7) is 6.15. The number of fused-ring (bicyclic) bond motifs is 1. The highest BCUT2D eigenvalue weighted by molar-refractivity contribution is 5.96. The first kappa shape index (κ1) is 19.6. The highest BCUT2D eigenvalue weighted by atomic mass is 19.1. The molecule has 0 aliphatic carbocycles. The van der Waals surface area contributed by atoms with Gasteiger partial charge in [-0.25, -0.2) is 9.37 Å². The molecule has 0 atom stereocenters. The minimum absolute atomic E-state index is 0.271. The Bertz CT molecular complexity index is 1560. The van der Waals surface area contributed by atoms with Crippen LogP contribution in [-0.2, 0) is 0 Å². The van der Waals surface area contributed by atoms with Gasteiger partial charge in [-0.15, -0.1) is 0 Å². The molecule has 0 radical (unpaired) electrons. The zero-order valence-electron chi connectivity index (χ0n) is 17.4. The van der Waals surface area contributed by atoms with E-state index in [0.29, 0.717) is 11.2 Å². The third-order valence-electron chi connectivity index (χ3n) is 5.42. The van der Waals surface area contributed by atoms with Crippen molar-refractivity contribution in [2.24, 2.45) is 0 Å². The van der Waals surface area contributed by atoms with E-state index < -0.39 is 0 Å². The normalized spacial score (nSPS) is 12.6. The number of halogens is 1. The number of H-pyrrole nitrogens is 2. The minimum Gasteiger partial charge on any atom is -0.338 e. The molecule has 0 saturated heterocycles. The molecule has 5 aromatic rings. The number of nitrogens with one attached hydrogen (secondary N) is 2. The van der Waals surface area contributed by atoms with E-state index >= 15 is 0 Å². The number of aromatic amines is 2. The molecule has 0 unspecified atom stereocenters. The van der Waals surface area contributed by atoms with Crippen molar-refractivity contribution in [3.05, 3.63) is 95.6 Å². The van der Waals surface area contributed by atoms with Crippen LogP contribution in [0.4, 0.5) is 4.39 Å². The summed E-state index contributed by atoms with van der Waals surface area (Å²) < 4.78 is 14.5. The quantitative estimate of drug-likeness (QED) is 0.450. The van der Waals surface area contributed by atoms with Crippen LogP contribution in [0.5, 0.6) is 0 Å². The van der Waals surface area contributed by atoms with Crippen LogP contribution in [0.1, 0.15) is 12.5 Å². The van der Waals surface area contributed by atoms with Crippen LogP contribution < -0.4 is 10.6 Å². The second-order valence-electron chi connectivity index (χ2n) is 7.38.